The molecule has 2 aromatic rings. The Morgan fingerprint density at radius 1 is 1.50 bits per heavy atom. The summed E-state index contributed by atoms with van der Waals surface area (Å²) in [6.45, 7) is 0. The van der Waals surface area contributed by atoms with E-state index in [1.165, 1.54) is 0 Å². The quantitative estimate of drug-likeness (QED) is 0.893. The summed E-state index contributed by atoms with van der Waals surface area (Å²) < 4.78 is 6.23. The summed E-state index contributed by atoms with van der Waals surface area (Å²) in [5.74, 6) is -0.354. The summed E-state index contributed by atoms with van der Waals surface area (Å²) in [6.07, 6.45) is 1.78. The van der Waals surface area contributed by atoms with Crippen LogP contribution < -0.4 is 5.73 Å². The Labute approximate surface area is 89.0 Å². The third-order valence-electron chi connectivity index (χ3n) is 1.98. The van der Waals surface area contributed by atoms with Gasteiger partial charge in [-0.15, -0.1) is 0 Å². The van der Waals surface area contributed by atoms with Crippen molar-refractivity contribution in [2.24, 2.45) is 5.73 Å². The fraction of sp³-hybridized carbons (Fsp3) is 0.100. The molecule has 1 aromatic heterocycles. The number of benzene rings is 1. The number of carbonyl (C=O) groups excluding carboxylic acids is 1. The predicted molar refractivity (Wildman–Crippen MR) is 56.8 cm³/mol. The van der Waals surface area contributed by atoms with Crippen LogP contribution in [0.15, 0.2) is 33.4 Å². The number of amides is 1. The van der Waals surface area contributed by atoms with Crippen LogP contribution in [-0.2, 0) is 11.2 Å². The van der Waals surface area contributed by atoms with Crippen molar-refractivity contribution < 1.29 is 9.21 Å². The smallest absolute Gasteiger partial charge is 0.221 e. The Morgan fingerprint density at radius 2 is 2.29 bits per heavy atom. The first-order chi connectivity index (χ1) is 6.66. The highest BCUT2D eigenvalue weighted by molar-refractivity contribution is 9.10. The van der Waals surface area contributed by atoms with Crippen LogP contribution in [0.1, 0.15) is 5.56 Å². The zero-order valence-electron chi connectivity index (χ0n) is 7.29. The number of hydrogen-bond acceptors (Lipinski definition) is 2. The number of furan rings is 1. The molecule has 0 unspecified atom stereocenters. The van der Waals surface area contributed by atoms with Gasteiger partial charge in [-0.2, -0.15) is 0 Å². The van der Waals surface area contributed by atoms with Crippen molar-refractivity contribution in [3.63, 3.8) is 0 Å². The van der Waals surface area contributed by atoms with Crippen molar-refractivity contribution in [3.05, 3.63) is 34.5 Å². The van der Waals surface area contributed by atoms with Gasteiger partial charge in [0.1, 0.15) is 5.58 Å². The van der Waals surface area contributed by atoms with Gasteiger partial charge >= 0.3 is 0 Å². The van der Waals surface area contributed by atoms with E-state index in [4.69, 9.17) is 10.2 Å². The highest BCUT2D eigenvalue weighted by Crippen LogP contribution is 2.24. The van der Waals surface area contributed by atoms with Gasteiger partial charge < -0.3 is 10.2 Å². The number of nitrogens with two attached hydrogens (primary N) is 1. The Bertz CT molecular complexity index is 490. The second-order valence-corrected chi connectivity index (χ2v) is 3.96. The van der Waals surface area contributed by atoms with Crippen molar-refractivity contribution >= 4 is 32.8 Å². The van der Waals surface area contributed by atoms with E-state index in [2.05, 4.69) is 15.9 Å². The topological polar surface area (TPSA) is 56.2 Å². The van der Waals surface area contributed by atoms with E-state index >= 15 is 0 Å². The van der Waals surface area contributed by atoms with Crippen LogP contribution in [-0.4, -0.2) is 5.91 Å². The molecule has 0 saturated carbocycles. The largest absolute Gasteiger partial charge is 0.464 e. The first-order valence-corrected chi connectivity index (χ1v) is 4.90. The van der Waals surface area contributed by atoms with Crippen LogP contribution in [0, 0.1) is 0 Å². The van der Waals surface area contributed by atoms with Gasteiger partial charge in [-0.25, -0.2) is 0 Å². The summed E-state index contributed by atoms with van der Waals surface area (Å²) >= 11 is 3.36. The Morgan fingerprint density at radius 3 is 3.00 bits per heavy atom. The molecule has 0 spiro atoms. The SMILES string of the molecule is NC(=O)Cc1coc2ccc(Br)cc12. The van der Waals surface area contributed by atoms with E-state index in [9.17, 15) is 4.79 Å². The number of hydrogen-bond donors (Lipinski definition) is 1. The van der Waals surface area contributed by atoms with Gasteiger partial charge in [0.2, 0.25) is 5.91 Å². The van der Waals surface area contributed by atoms with Crippen molar-refractivity contribution in [2.75, 3.05) is 0 Å². The lowest BCUT2D eigenvalue weighted by molar-refractivity contribution is -0.117. The van der Waals surface area contributed by atoms with E-state index < -0.39 is 0 Å². The molecule has 0 bridgehead atoms. The molecule has 2 N–H and O–H groups in total. The molecular weight excluding hydrogens is 246 g/mol. The third-order valence-corrected chi connectivity index (χ3v) is 2.47. The van der Waals surface area contributed by atoms with E-state index in [0.29, 0.717) is 0 Å². The van der Waals surface area contributed by atoms with Crippen LogP contribution in [0.2, 0.25) is 0 Å². The zero-order chi connectivity index (χ0) is 10.1. The summed E-state index contributed by atoms with van der Waals surface area (Å²) in [5, 5.41) is 0.929. The van der Waals surface area contributed by atoms with Gasteiger partial charge in [0.15, 0.2) is 0 Å². The molecule has 0 aliphatic rings. The van der Waals surface area contributed by atoms with Crippen molar-refractivity contribution in [1.29, 1.82) is 0 Å². The first kappa shape index (κ1) is 9.27. The summed E-state index contributed by atoms with van der Waals surface area (Å²) in [5.41, 5.74) is 6.72. The molecule has 1 aromatic carbocycles. The van der Waals surface area contributed by atoms with E-state index in [0.717, 1.165) is 21.0 Å². The Balaban J connectivity index is 2.55. The van der Waals surface area contributed by atoms with Gasteiger partial charge in [-0.3, -0.25) is 4.79 Å². The maximum atomic E-state index is 10.8. The van der Waals surface area contributed by atoms with Crippen LogP contribution >= 0.6 is 15.9 Å². The molecule has 1 amide bonds. The minimum atomic E-state index is -0.354. The number of carbonyl (C=O) groups is 1. The molecule has 2 rings (SSSR count). The van der Waals surface area contributed by atoms with Gasteiger partial charge in [-0.05, 0) is 18.2 Å². The molecule has 0 radical (unpaired) electrons. The number of fused-ring (bicyclic) bond motifs is 1. The van der Waals surface area contributed by atoms with Gasteiger partial charge in [-0.1, -0.05) is 15.9 Å². The lowest BCUT2D eigenvalue weighted by Crippen LogP contribution is -2.13. The minimum absolute atomic E-state index is 0.212. The average Bonchev–Trinajstić information content (AvgIpc) is 2.47. The maximum absolute atomic E-state index is 10.8. The molecule has 0 aliphatic carbocycles. The van der Waals surface area contributed by atoms with Gasteiger partial charge in [0, 0.05) is 15.4 Å². The Hall–Kier alpha value is -1.29. The molecule has 0 atom stereocenters. The number of rotatable bonds is 2. The summed E-state index contributed by atoms with van der Waals surface area (Å²) in [7, 11) is 0. The molecule has 1 heterocycles. The Kier molecular flexibility index (Phi) is 2.29. The van der Waals surface area contributed by atoms with Gasteiger partial charge in [0.25, 0.3) is 0 Å². The molecule has 0 fully saturated rings. The second kappa shape index (κ2) is 3.46. The van der Waals surface area contributed by atoms with Crippen LogP contribution in [0.5, 0.6) is 0 Å². The third kappa shape index (κ3) is 1.65. The van der Waals surface area contributed by atoms with Crippen LogP contribution in [0.25, 0.3) is 11.0 Å². The van der Waals surface area contributed by atoms with Crippen LogP contribution in [0.4, 0.5) is 0 Å². The summed E-state index contributed by atoms with van der Waals surface area (Å²) in [6, 6.07) is 5.65. The maximum Gasteiger partial charge on any atom is 0.221 e. The molecule has 4 heteroatoms. The van der Waals surface area contributed by atoms with Crippen LogP contribution in [0.3, 0.4) is 0 Å². The molecule has 72 valence electrons. The number of halogens is 1. The van der Waals surface area contributed by atoms with E-state index in [1.807, 2.05) is 18.2 Å². The van der Waals surface area contributed by atoms with Crippen molar-refractivity contribution in [3.8, 4) is 0 Å². The lowest BCUT2D eigenvalue weighted by Gasteiger charge is -1.94. The van der Waals surface area contributed by atoms with E-state index in [1.54, 1.807) is 6.26 Å². The fourth-order valence-corrected chi connectivity index (χ4v) is 1.74. The molecule has 3 nitrogen and oxygen atoms in total. The highest BCUT2D eigenvalue weighted by Gasteiger charge is 2.08. The fourth-order valence-electron chi connectivity index (χ4n) is 1.38. The average molecular weight is 254 g/mol. The van der Waals surface area contributed by atoms with Gasteiger partial charge in [0.05, 0.1) is 12.7 Å². The zero-order valence-corrected chi connectivity index (χ0v) is 8.87. The highest BCUT2D eigenvalue weighted by atomic mass is 79.9. The first-order valence-electron chi connectivity index (χ1n) is 4.11. The molecule has 14 heavy (non-hydrogen) atoms. The molecule has 0 aliphatic heterocycles. The predicted octanol–water partition coefficient (Wildman–Crippen LogP) is 2.22. The summed E-state index contributed by atoms with van der Waals surface area (Å²) in [4.78, 5) is 10.8. The normalized spacial score (nSPS) is 10.6. The van der Waals surface area contributed by atoms with Crippen molar-refractivity contribution in [1.82, 2.24) is 0 Å². The van der Waals surface area contributed by atoms with Crippen molar-refractivity contribution in [2.45, 2.75) is 6.42 Å². The monoisotopic (exact) mass is 253 g/mol. The lowest BCUT2D eigenvalue weighted by atomic mass is 10.1. The number of primary amides is 1. The molecular formula is C10H8BrNO2. The minimum Gasteiger partial charge on any atom is -0.464 e. The second-order valence-electron chi connectivity index (χ2n) is 3.04. The van der Waals surface area contributed by atoms with E-state index in [-0.39, 0.29) is 12.3 Å². The molecule has 0 saturated heterocycles. The standard InChI is InChI=1S/C10H8BrNO2/c11-7-1-2-9-8(4-7)6(5-14-9)3-10(12)13/h1-2,4-5H,3H2,(H2,12,13).